The van der Waals surface area contributed by atoms with Gasteiger partial charge in [0, 0.05) is 23.2 Å². The third-order valence-corrected chi connectivity index (χ3v) is 4.92. The summed E-state index contributed by atoms with van der Waals surface area (Å²) < 4.78 is 0. The molecule has 0 aliphatic rings. The molecule has 0 saturated heterocycles. The maximum atomic E-state index is 12.1. The molecule has 0 aliphatic carbocycles. The van der Waals surface area contributed by atoms with Gasteiger partial charge in [-0.25, -0.2) is 4.79 Å². The van der Waals surface area contributed by atoms with Gasteiger partial charge >= 0.3 is 5.97 Å². The number of rotatable bonds is 7. The maximum Gasteiger partial charge on any atom is 0.338 e. The van der Waals surface area contributed by atoms with E-state index in [-0.39, 0.29) is 23.6 Å². The minimum absolute atomic E-state index is 0.0413. The first kappa shape index (κ1) is 19.2. The first-order valence-corrected chi connectivity index (χ1v) is 9.32. The standard InChI is InChI=1S/C20H16N2O5S/c23-19(21-17-12-28-11-16(17)20(24)25)10-7-13-5-8-14(9-6-13)15-3-1-2-4-18(15)22(26)27/h1-6,8-9,11-12H,7,10H2,(H,21,23)(H,24,25). The highest BCUT2D eigenvalue weighted by Gasteiger charge is 2.15. The predicted molar refractivity (Wildman–Crippen MR) is 107 cm³/mol. The van der Waals surface area contributed by atoms with Crippen molar-refractivity contribution in [3.05, 3.63) is 80.5 Å². The number of amides is 1. The molecule has 3 aromatic rings. The highest BCUT2D eigenvalue weighted by molar-refractivity contribution is 7.08. The molecule has 0 unspecified atom stereocenters. The predicted octanol–water partition coefficient (Wildman–Crippen LogP) is 4.59. The van der Waals surface area contributed by atoms with Crippen LogP contribution in [0.4, 0.5) is 11.4 Å². The number of para-hydroxylation sites is 1. The van der Waals surface area contributed by atoms with Crippen LogP contribution in [0.5, 0.6) is 0 Å². The number of hydrogen-bond acceptors (Lipinski definition) is 5. The summed E-state index contributed by atoms with van der Waals surface area (Å²) in [5.41, 5.74) is 2.59. The fraction of sp³-hybridized carbons (Fsp3) is 0.100. The first-order chi connectivity index (χ1) is 13.5. The molecular weight excluding hydrogens is 380 g/mol. The number of hydrogen-bond donors (Lipinski definition) is 2. The summed E-state index contributed by atoms with van der Waals surface area (Å²) in [5, 5.41) is 25.9. The van der Waals surface area contributed by atoms with Crippen molar-refractivity contribution in [3.63, 3.8) is 0 Å². The van der Waals surface area contributed by atoms with E-state index in [1.807, 2.05) is 12.1 Å². The number of aromatic carboxylic acids is 1. The van der Waals surface area contributed by atoms with Gasteiger partial charge in [-0.1, -0.05) is 36.4 Å². The SMILES string of the molecule is O=C(CCc1ccc(-c2ccccc2[N+](=O)[O-])cc1)Nc1cscc1C(=O)O. The smallest absolute Gasteiger partial charge is 0.338 e. The van der Waals surface area contributed by atoms with Crippen molar-refractivity contribution in [1.29, 1.82) is 0 Å². The Kier molecular flexibility index (Phi) is 5.81. The number of anilines is 1. The average Bonchev–Trinajstić information content (AvgIpc) is 3.15. The van der Waals surface area contributed by atoms with Crippen LogP contribution >= 0.6 is 11.3 Å². The molecule has 0 radical (unpaired) electrons. The van der Waals surface area contributed by atoms with E-state index in [9.17, 15) is 19.7 Å². The van der Waals surface area contributed by atoms with Crippen LogP contribution in [0.15, 0.2) is 59.3 Å². The summed E-state index contributed by atoms with van der Waals surface area (Å²) in [6.07, 6.45) is 0.662. The molecule has 0 fully saturated rings. The van der Waals surface area contributed by atoms with Crippen molar-refractivity contribution in [2.75, 3.05) is 5.32 Å². The van der Waals surface area contributed by atoms with Crippen LogP contribution in [0.1, 0.15) is 22.3 Å². The van der Waals surface area contributed by atoms with Crippen LogP contribution in [0.25, 0.3) is 11.1 Å². The number of carbonyl (C=O) groups excluding carboxylic acids is 1. The third kappa shape index (κ3) is 4.41. The molecule has 1 aromatic heterocycles. The number of nitro groups is 1. The van der Waals surface area contributed by atoms with E-state index in [0.717, 1.165) is 11.1 Å². The molecule has 1 amide bonds. The van der Waals surface area contributed by atoms with Gasteiger partial charge in [-0.05, 0) is 23.6 Å². The first-order valence-electron chi connectivity index (χ1n) is 8.38. The van der Waals surface area contributed by atoms with E-state index >= 15 is 0 Å². The van der Waals surface area contributed by atoms with Crippen molar-refractivity contribution in [3.8, 4) is 11.1 Å². The van der Waals surface area contributed by atoms with Crippen LogP contribution in [0.2, 0.25) is 0 Å². The Labute approximate surface area is 164 Å². The van der Waals surface area contributed by atoms with Crippen LogP contribution in [-0.2, 0) is 11.2 Å². The highest BCUT2D eigenvalue weighted by atomic mass is 32.1. The second-order valence-electron chi connectivity index (χ2n) is 6.02. The van der Waals surface area contributed by atoms with Crippen LogP contribution in [0.3, 0.4) is 0 Å². The van der Waals surface area contributed by atoms with Gasteiger partial charge in [-0.15, -0.1) is 11.3 Å². The Bertz CT molecular complexity index is 1030. The Balaban J connectivity index is 1.64. The summed E-state index contributed by atoms with van der Waals surface area (Å²) in [7, 11) is 0. The van der Waals surface area contributed by atoms with E-state index in [0.29, 0.717) is 17.7 Å². The number of carbonyl (C=O) groups is 2. The Morgan fingerprint density at radius 3 is 2.46 bits per heavy atom. The summed E-state index contributed by atoms with van der Waals surface area (Å²) in [4.78, 5) is 33.9. The fourth-order valence-electron chi connectivity index (χ4n) is 2.76. The zero-order chi connectivity index (χ0) is 20.1. The van der Waals surface area contributed by atoms with Gasteiger partial charge in [0.2, 0.25) is 5.91 Å². The number of nitrogens with one attached hydrogen (secondary N) is 1. The lowest BCUT2D eigenvalue weighted by atomic mass is 10.0. The van der Waals surface area contributed by atoms with Gasteiger partial charge in [0.1, 0.15) is 0 Å². The number of nitro benzene ring substituents is 1. The third-order valence-electron chi connectivity index (χ3n) is 4.17. The lowest BCUT2D eigenvalue weighted by Crippen LogP contribution is -2.14. The quantitative estimate of drug-likeness (QED) is 0.448. The minimum atomic E-state index is -1.08. The molecule has 2 aromatic carbocycles. The number of nitrogens with zero attached hydrogens (tertiary/aromatic N) is 1. The van der Waals surface area contributed by atoms with Crippen LogP contribution in [0, 0.1) is 10.1 Å². The van der Waals surface area contributed by atoms with Gasteiger partial charge < -0.3 is 10.4 Å². The van der Waals surface area contributed by atoms with Crippen molar-refractivity contribution in [1.82, 2.24) is 0 Å². The van der Waals surface area contributed by atoms with E-state index < -0.39 is 10.9 Å². The zero-order valence-electron chi connectivity index (χ0n) is 14.6. The number of aryl methyl sites for hydroxylation is 1. The monoisotopic (exact) mass is 396 g/mol. The summed E-state index contributed by atoms with van der Waals surface area (Å²) in [6.45, 7) is 0. The molecule has 0 bridgehead atoms. The molecule has 1 heterocycles. The van der Waals surface area contributed by atoms with Crippen molar-refractivity contribution in [2.45, 2.75) is 12.8 Å². The van der Waals surface area contributed by atoms with Gasteiger partial charge in [-0.2, -0.15) is 0 Å². The van der Waals surface area contributed by atoms with Crippen molar-refractivity contribution < 1.29 is 19.6 Å². The van der Waals surface area contributed by atoms with Gasteiger partial charge in [0.05, 0.1) is 21.7 Å². The number of carboxylic acids is 1. The topological polar surface area (TPSA) is 110 Å². The van der Waals surface area contributed by atoms with Crippen LogP contribution < -0.4 is 5.32 Å². The highest BCUT2D eigenvalue weighted by Crippen LogP contribution is 2.29. The normalized spacial score (nSPS) is 10.4. The lowest BCUT2D eigenvalue weighted by Gasteiger charge is -2.07. The molecule has 7 nitrogen and oxygen atoms in total. The van der Waals surface area contributed by atoms with Gasteiger partial charge in [-0.3, -0.25) is 14.9 Å². The second kappa shape index (κ2) is 8.45. The summed E-state index contributed by atoms with van der Waals surface area (Å²) in [6, 6.07) is 13.8. The van der Waals surface area contributed by atoms with Gasteiger partial charge in [0.15, 0.2) is 0 Å². The molecule has 142 valence electrons. The van der Waals surface area contributed by atoms with Crippen LogP contribution in [-0.4, -0.2) is 21.9 Å². The summed E-state index contributed by atoms with van der Waals surface area (Å²) in [5.74, 6) is -1.36. The minimum Gasteiger partial charge on any atom is -0.478 e. The van der Waals surface area contributed by atoms with E-state index in [4.69, 9.17) is 5.11 Å². The van der Waals surface area contributed by atoms with Crippen molar-refractivity contribution in [2.24, 2.45) is 0 Å². The number of benzene rings is 2. The average molecular weight is 396 g/mol. The molecule has 0 aliphatic heterocycles. The Morgan fingerprint density at radius 2 is 1.79 bits per heavy atom. The maximum absolute atomic E-state index is 12.1. The molecule has 0 spiro atoms. The fourth-order valence-corrected chi connectivity index (χ4v) is 3.51. The number of carboxylic acid groups (broad SMARTS) is 1. The second-order valence-corrected chi connectivity index (χ2v) is 6.77. The Morgan fingerprint density at radius 1 is 1.07 bits per heavy atom. The van der Waals surface area contributed by atoms with E-state index in [2.05, 4.69) is 5.32 Å². The molecule has 8 heteroatoms. The molecule has 0 saturated carbocycles. The molecule has 0 atom stereocenters. The molecule has 2 N–H and O–H groups in total. The van der Waals surface area contributed by atoms with Crippen molar-refractivity contribution >= 4 is 34.6 Å². The number of thiophene rings is 1. The van der Waals surface area contributed by atoms with Gasteiger partial charge in [0.25, 0.3) is 5.69 Å². The largest absolute Gasteiger partial charge is 0.478 e. The van der Waals surface area contributed by atoms with E-state index in [1.165, 1.54) is 22.8 Å². The molecule has 28 heavy (non-hydrogen) atoms. The Hall–Kier alpha value is -3.52. The summed E-state index contributed by atoms with van der Waals surface area (Å²) >= 11 is 1.21. The molecular formula is C20H16N2O5S. The molecule has 3 rings (SSSR count). The lowest BCUT2D eigenvalue weighted by molar-refractivity contribution is -0.384. The van der Waals surface area contributed by atoms with E-state index in [1.54, 1.807) is 35.7 Å². The zero-order valence-corrected chi connectivity index (χ0v) is 15.4.